The summed E-state index contributed by atoms with van der Waals surface area (Å²) in [6, 6.07) is 9.07. The fourth-order valence-corrected chi connectivity index (χ4v) is 2.65. The number of benzene rings is 1. The van der Waals surface area contributed by atoms with Crippen LogP contribution in [0.4, 0.5) is 0 Å². The first-order valence-electron chi connectivity index (χ1n) is 7.75. The predicted octanol–water partition coefficient (Wildman–Crippen LogP) is 1.68. The summed E-state index contributed by atoms with van der Waals surface area (Å²) < 4.78 is 1.75. The topological polar surface area (TPSA) is 101 Å². The first-order chi connectivity index (χ1) is 12.2. The highest BCUT2D eigenvalue weighted by molar-refractivity contribution is 5.98. The molecule has 0 bridgehead atoms. The second kappa shape index (κ2) is 6.16. The molecule has 0 radical (unpaired) electrons. The van der Waals surface area contributed by atoms with Crippen molar-refractivity contribution in [3.63, 3.8) is 0 Å². The van der Waals surface area contributed by atoms with E-state index >= 15 is 0 Å². The summed E-state index contributed by atoms with van der Waals surface area (Å²) in [5.74, 6) is 0.833. The van der Waals surface area contributed by atoms with Gasteiger partial charge in [-0.15, -0.1) is 0 Å². The Hall–Kier alpha value is -3.55. The number of aromatic amines is 1. The number of nitrogens with one attached hydrogen (secondary N) is 2. The molecule has 0 fully saturated rings. The molecule has 4 rings (SSSR count). The van der Waals surface area contributed by atoms with E-state index in [1.807, 2.05) is 37.3 Å². The third kappa shape index (κ3) is 2.85. The highest BCUT2D eigenvalue weighted by atomic mass is 16.2. The molecule has 124 valence electrons. The van der Waals surface area contributed by atoms with Gasteiger partial charge >= 0.3 is 0 Å². The zero-order valence-corrected chi connectivity index (χ0v) is 13.4. The molecule has 8 heteroatoms. The van der Waals surface area contributed by atoms with Crippen molar-refractivity contribution < 1.29 is 4.79 Å². The van der Waals surface area contributed by atoms with E-state index in [1.165, 1.54) is 0 Å². The molecule has 1 amide bonds. The molecular weight excluding hydrogens is 318 g/mol. The lowest BCUT2D eigenvalue weighted by Gasteiger charge is -2.16. The summed E-state index contributed by atoms with van der Waals surface area (Å²) in [6.45, 7) is 1.81. The minimum absolute atomic E-state index is 0.251. The monoisotopic (exact) mass is 333 g/mol. The van der Waals surface area contributed by atoms with Gasteiger partial charge in [0.2, 0.25) is 0 Å². The summed E-state index contributed by atoms with van der Waals surface area (Å²) in [6.07, 6.45) is 6.70. The minimum Gasteiger partial charge on any atom is -0.336 e. The summed E-state index contributed by atoms with van der Waals surface area (Å²) in [5, 5.41) is 9.97. The molecule has 0 saturated carbocycles. The normalized spacial score (nSPS) is 12.2. The molecule has 2 N–H and O–H groups in total. The third-order valence-electron chi connectivity index (χ3n) is 3.81. The van der Waals surface area contributed by atoms with E-state index in [1.54, 1.807) is 29.2 Å². The molecule has 0 aliphatic rings. The lowest BCUT2D eigenvalue weighted by molar-refractivity contribution is 0.0937. The summed E-state index contributed by atoms with van der Waals surface area (Å²) in [5.41, 5.74) is 1.63. The number of amides is 1. The molecule has 0 aliphatic carbocycles. The number of nitrogens with zero attached hydrogens (tertiary/aromatic N) is 5. The van der Waals surface area contributed by atoms with Crippen molar-refractivity contribution in [2.24, 2.45) is 0 Å². The molecule has 3 aromatic heterocycles. The Kier molecular flexibility index (Phi) is 3.70. The van der Waals surface area contributed by atoms with Crippen LogP contribution in [0.1, 0.15) is 33.7 Å². The Labute approximate surface area is 143 Å². The van der Waals surface area contributed by atoms with E-state index in [9.17, 15) is 4.79 Å². The maximum atomic E-state index is 12.8. The van der Waals surface area contributed by atoms with Crippen LogP contribution in [0.2, 0.25) is 0 Å². The molecule has 8 nitrogen and oxygen atoms in total. The Morgan fingerprint density at radius 1 is 1.16 bits per heavy atom. The van der Waals surface area contributed by atoms with Crippen LogP contribution in [0.3, 0.4) is 0 Å². The van der Waals surface area contributed by atoms with E-state index in [4.69, 9.17) is 0 Å². The van der Waals surface area contributed by atoms with Crippen molar-refractivity contribution in [2.75, 3.05) is 0 Å². The Morgan fingerprint density at radius 3 is 2.64 bits per heavy atom. The first-order valence-corrected chi connectivity index (χ1v) is 7.75. The molecule has 0 aliphatic heterocycles. The Morgan fingerprint density at radius 2 is 1.92 bits per heavy atom. The smallest absolute Gasteiger partial charge is 0.274 e. The number of H-pyrrole nitrogens is 1. The van der Waals surface area contributed by atoms with Crippen LogP contribution in [-0.4, -0.2) is 35.5 Å². The zero-order valence-electron chi connectivity index (χ0n) is 13.4. The molecule has 0 unspecified atom stereocenters. The lowest BCUT2D eigenvalue weighted by Crippen LogP contribution is -2.31. The van der Waals surface area contributed by atoms with E-state index in [0.717, 1.165) is 5.56 Å². The highest BCUT2D eigenvalue weighted by Crippen LogP contribution is 2.19. The molecule has 1 atom stereocenters. The van der Waals surface area contributed by atoms with Crippen LogP contribution in [0, 0.1) is 6.92 Å². The first kappa shape index (κ1) is 15.0. The summed E-state index contributed by atoms with van der Waals surface area (Å²) in [4.78, 5) is 25.6. The quantitative estimate of drug-likeness (QED) is 0.592. The van der Waals surface area contributed by atoms with Gasteiger partial charge in [0, 0.05) is 24.8 Å². The molecular formula is C17H15N7O. The van der Waals surface area contributed by atoms with Gasteiger partial charge in [-0.3, -0.25) is 9.89 Å². The van der Waals surface area contributed by atoms with Gasteiger partial charge in [-0.1, -0.05) is 30.3 Å². The van der Waals surface area contributed by atoms with Crippen LogP contribution in [0.15, 0.2) is 55.1 Å². The van der Waals surface area contributed by atoms with Gasteiger partial charge in [-0.05, 0) is 12.5 Å². The number of hydrogen-bond acceptors (Lipinski definition) is 5. The number of rotatable bonds is 4. The maximum Gasteiger partial charge on any atom is 0.274 e. The molecule has 25 heavy (non-hydrogen) atoms. The largest absolute Gasteiger partial charge is 0.336 e. The molecule has 1 aromatic carbocycles. The van der Waals surface area contributed by atoms with Crippen molar-refractivity contribution >= 4 is 11.6 Å². The van der Waals surface area contributed by atoms with Crippen LogP contribution < -0.4 is 5.32 Å². The number of aryl methyl sites for hydroxylation is 1. The molecule has 0 saturated heterocycles. The third-order valence-corrected chi connectivity index (χ3v) is 3.81. The molecule has 0 spiro atoms. The summed E-state index contributed by atoms with van der Waals surface area (Å²) >= 11 is 0. The van der Waals surface area contributed by atoms with Crippen molar-refractivity contribution in [3.05, 3.63) is 78.0 Å². The van der Waals surface area contributed by atoms with E-state index in [2.05, 4.69) is 30.5 Å². The highest BCUT2D eigenvalue weighted by Gasteiger charge is 2.23. The zero-order chi connectivity index (χ0) is 17.2. The lowest BCUT2D eigenvalue weighted by atomic mass is 10.1. The predicted molar refractivity (Wildman–Crippen MR) is 89.9 cm³/mol. The number of aromatic nitrogens is 6. The van der Waals surface area contributed by atoms with Gasteiger partial charge in [0.1, 0.15) is 11.9 Å². The second-order valence-electron chi connectivity index (χ2n) is 5.53. The van der Waals surface area contributed by atoms with Crippen LogP contribution >= 0.6 is 0 Å². The van der Waals surface area contributed by atoms with Gasteiger partial charge in [0.25, 0.3) is 5.91 Å². The van der Waals surface area contributed by atoms with Gasteiger partial charge in [0.05, 0.1) is 0 Å². The van der Waals surface area contributed by atoms with Crippen molar-refractivity contribution in [1.29, 1.82) is 0 Å². The fraction of sp³-hybridized carbons (Fsp3) is 0.118. The summed E-state index contributed by atoms with van der Waals surface area (Å²) in [7, 11) is 0. The van der Waals surface area contributed by atoms with E-state index < -0.39 is 6.04 Å². The van der Waals surface area contributed by atoms with Crippen molar-refractivity contribution in [1.82, 2.24) is 34.9 Å². The average Bonchev–Trinajstić information content (AvgIpc) is 3.28. The Balaban J connectivity index is 1.71. The van der Waals surface area contributed by atoms with Crippen molar-refractivity contribution in [2.45, 2.75) is 13.0 Å². The number of carbonyl (C=O) groups excluding carboxylic acids is 1. The number of fused-ring (bicyclic) bond motifs is 1. The fourth-order valence-electron chi connectivity index (χ4n) is 2.65. The van der Waals surface area contributed by atoms with Crippen molar-refractivity contribution in [3.8, 4) is 0 Å². The van der Waals surface area contributed by atoms with Gasteiger partial charge < -0.3 is 9.72 Å². The number of carbonyl (C=O) groups is 1. The van der Waals surface area contributed by atoms with E-state index in [-0.39, 0.29) is 11.6 Å². The number of imidazole rings is 1. The standard InChI is InChI=1S/C17H15N7O/c1-11-20-15(23-22-11)13(12-5-3-2-4-6-12)21-17(25)14-16-19-8-10-24(16)9-7-18-14/h2-10,13H,1H3,(H,21,25)(H,20,22,23)/t13-/m1/s1. The van der Waals surface area contributed by atoms with Crippen LogP contribution in [0.5, 0.6) is 0 Å². The number of hydrogen-bond donors (Lipinski definition) is 2. The maximum absolute atomic E-state index is 12.8. The SMILES string of the molecule is Cc1nc([C@H](NC(=O)c2nccn3ccnc23)c2ccccc2)n[nH]1. The van der Waals surface area contributed by atoms with Crippen LogP contribution in [0.25, 0.3) is 5.65 Å². The van der Waals surface area contributed by atoms with Gasteiger partial charge in [-0.2, -0.15) is 5.10 Å². The minimum atomic E-state index is -0.490. The molecule has 3 heterocycles. The Bertz CT molecular complexity index is 1020. The van der Waals surface area contributed by atoms with E-state index in [0.29, 0.717) is 17.3 Å². The van der Waals surface area contributed by atoms with Gasteiger partial charge in [-0.25, -0.2) is 15.0 Å². The molecule has 4 aromatic rings. The van der Waals surface area contributed by atoms with Gasteiger partial charge in [0.15, 0.2) is 17.2 Å². The van der Waals surface area contributed by atoms with Crippen LogP contribution in [-0.2, 0) is 0 Å². The second-order valence-corrected chi connectivity index (χ2v) is 5.53. The average molecular weight is 333 g/mol.